The fourth-order valence-electron chi connectivity index (χ4n) is 8.20. The summed E-state index contributed by atoms with van der Waals surface area (Å²) in [5.74, 6) is 0. The SMILES string of the molecule is C1=C\C(N(c2ccc3c(c2)C(c2ccccc2)(c2ccccc2)c2ccccc2-3)c2cccc3ccccc23)=C/Cc2ccccc2/C=C\C/1. The lowest BCUT2D eigenvalue weighted by Gasteiger charge is -2.35. The lowest BCUT2D eigenvalue weighted by molar-refractivity contribution is 0.768. The van der Waals surface area contributed by atoms with Gasteiger partial charge in [-0.3, -0.25) is 0 Å². The number of rotatable bonds is 5. The van der Waals surface area contributed by atoms with Gasteiger partial charge in [-0.25, -0.2) is 0 Å². The number of benzene rings is 7. The van der Waals surface area contributed by atoms with Gasteiger partial charge in [-0.15, -0.1) is 0 Å². The van der Waals surface area contributed by atoms with Crippen LogP contribution in [0.5, 0.6) is 0 Å². The van der Waals surface area contributed by atoms with Crippen LogP contribution in [0.3, 0.4) is 0 Å². The topological polar surface area (TPSA) is 3.24 Å². The fourth-order valence-corrected chi connectivity index (χ4v) is 8.20. The predicted octanol–water partition coefficient (Wildman–Crippen LogP) is 12.4. The lowest BCUT2D eigenvalue weighted by Crippen LogP contribution is -2.29. The maximum Gasteiger partial charge on any atom is 0.0714 e. The number of nitrogens with zero attached hydrogens (tertiary/aromatic N) is 1. The molecule has 9 rings (SSSR count). The van der Waals surface area contributed by atoms with Crippen molar-refractivity contribution in [1.82, 2.24) is 0 Å². The van der Waals surface area contributed by atoms with Gasteiger partial charge < -0.3 is 4.90 Å². The van der Waals surface area contributed by atoms with E-state index in [-0.39, 0.29) is 0 Å². The van der Waals surface area contributed by atoms with E-state index in [1.165, 1.54) is 61.0 Å². The quantitative estimate of drug-likeness (QED) is 0.181. The molecular formula is C49H37N. The van der Waals surface area contributed by atoms with E-state index in [2.05, 4.69) is 205 Å². The summed E-state index contributed by atoms with van der Waals surface area (Å²) in [4.78, 5) is 2.48. The van der Waals surface area contributed by atoms with Crippen LogP contribution in [0.4, 0.5) is 11.4 Å². The highest BCUT2D eigenvalue weighted by molar-refractivity contribution is 5.98. The molecule has 1 heteroatoms. The summed E-state index contributed by atoms with van der Waals surface area (Å²) in [6.07, 6.45) is 13.2. The molecule has 0 unspecified atom stereocenters. The number of hydrogen-bond acceptors (Lipinski definition) is 1. The molecule has 0 bridgehead atoms. The van der Waals surface area contributed by atoms with Crippen molar-refractivity contribution in [2.75, 3.05) is 4.90 Å². The van der Waals surface area contributed by atoms with Crippen molar-refractivity contribution in [3.8, 4) is 11.1 Å². The molecule has 0 fully saturated rings. The molecule has 0 saturated heterocycles. The van der Waals surface area contributed by atoms with E-state index in [0.717, 1.165) is 24.2 Å². The van der Waals surface area contributed by atoms with Crippen molar-refractivity contribution in [2.24, 2.45) is 0 Å². The molecule has 0 spiro atoms. The number of anilines is 2. The Morgan fingerprint density at radius 2 is 1.16 bits per heavy atom. The molecule has 2 aliphatic carbocycles. The molecular weight excluding hydrogens is 603 g/mol. The van der Waals surface area contributed by atoms with Crippen LogP contribution in [0.1, 0.15) is 39.8 Å². The predicted molar refractivity (Wildman–Crippen MR) is 211 cm³/mol. The molecule has 0 radical (unpaired) electrons. The van der Waals surface area contributed by atoms with Gasteiger partial charge in [0.1, 0.15) is 0 Å². The Morgan fingerprint density at radius 1 is 0.500 bits per heavy atom. The summed E-state index contributed by atoms with van der Waals surface area (Å²) < 4.78 is 0. The van der Waals surface area contributed by atoms with Gasteiger partial charge in [0.2, 0.25) is 0 Å². The maximum absolute atomic E-state index is 2.48. The highest BCUT2D eigenvalue weighted by Gasteiger charge is 2.46. The monoisotopic (exact) mass is 639 g/mol. The number of fused-ring (bicyclic) bond motifs is 5. The van der Waals surface area contributed by atoms with Gasteiger partial charge in [0.25, 0.3) is 0 Å². The van der Waals surface area contributed by atoms with Gasteiger partial charge in [-0.05, 0) is 87.0 Å². The maximum atomic E-state index is 2.48. The summed E-state index contributed by atoms with van der Waals surface area (Å²) in [6, 6.07) is 62.4. The highest BCUT2D eigenvalue weighted by Crippen LogP contribution is 2.57. The molecule has 0 atom stereocenters. The van der Waals surface area contributed by atoms with Crippen LogP contribution >= 0.6 is 0 Å². The van der Waals surface area contributed by atoms with E-state index >= 15 is 0 Å². The Kier molecular flexibility index (Phi) is 7.59. The first-order valence-corrected chi connectivity index (χ1v) is 17.6. The highest BCUT2D eigenvalue weighted by atomic mass is 15.1. The molecule has 0 aromatic heterocycles. The molecule has 0 N–H and O–H groups in total. The Balaban J connectivity index is 1.32. The summed E-state index contributed by atoms with van der Waals surface area (Å²) in [5.41, 5.74) is 13.3. The average molecular weight is 640 g/mol. The largest absolute Gasteiger partial charge is 0.310 e. The molecule has 0 aliphatic heterocycles. The third-order valence-corrected chi connectivity index (χ3v) is 10.4. The normalized spacial score (nSPS) is 16.7. The first kappa shape index (κ1) is 29.9. The molecule has 1 nitrogen and oxygen atoms in total. The first-order chi connectivity index (χ1) is 24.8. The van der Waals surface area contributed by atoms with Crippen molar-refractivity contribution in [2.45, 2.75) is 18.3 Å². The van der Waals surface area contributed by atoms with Crippen LogP contribution in [-0.2, 0) is 11.8 Å². The number of allylic oxidation sites excluding steroid dienone is 4. The van der Waals surface area contributed by atoms with Gasteiger partial charge in [-0.1, -0.05) is 176 Å². The van der Waals surface area contributed by atoms with E-state index in [4.69, 9.17) is 0 Å². The average Bonchev–Trinajstić information content (AvgIpc) is 3.48. The Hall–Kier alpha value is -6.18. The van der Waals surface area contributed by atoms with Gasteiger partial charge >= 0.3 is 0 Å². The van der Waals surface area contributed by atoms with Crippen molar-refractivity contribution >= 4 is 28.2 Å². The summed E-state index contributed by atoms with van der Waals surface area (Å²) in [6.45, 7) is 0. The van der Waals surface area contributed by atoms with Gasteiger partial charge in [0.05, 0.1) is 11.1 Å². The molecule has 0 heterocycles. The van der Waals surface area contributed by atoms with Crippen LogP contribution in [0.25, 0.3) is 28.0 Å². The summed E-state index contributed by atoms with van der Waals surface area (Å²) >= 11 is 0. The Bertz CT molecular complexity index is 2390. The number of hydrogen-bond donors (Lipinski definition) is 0. The minimum atomic E-state index is -0.473. The molecule has 50 heavy (non-hydrogen) atoms. The van der Waals surface area contributed by atoms with E-state index in [1.807, 2.05) is 0 Å². The van der Waals surface area contributed by atoms with Gasteiger partial charge in [0.15, 0.2) is 0 Å². The van der Waals surface area contributed by atoms with Gasteiger partial charge in [0, 0.05) is 16.8 Å². The minimum absolute atomic E-state index is 0.473. The third-order valence-electron chi connectivity index (χ3n) is 10.4. The smallest absolute Gasteiger partial charge is 0.0714 e. The molecule has 7 aromatic carbocycles. The van der Waals surface area contributed by atoms with E-state index in [9.17, 15) is 0 Å². The Labute approximate surface area is 294 Å². The lowest BCUT2D eigenvalue weighted by atomic mass is 9.67. The zero-order chi connectivity index (χ0) is 33.3. The molecule has 0 amide bonds. The second-order valence-corrected chi connectivity index (χ2v) is 13.2. The van der Waals surface area contributed by atoms with Crippen LogP contribution in [0.15, 0.2) is 200 Å². The summed E-state index contributed by atoms with van der Waals surface area (Å²) in [7, 11) is 0. The van der Waals surface area contributed by atoms with Gasteiger partial charge in [-0.2, -0.15) is 0 Å². The summed E-state index contributed by atoms with van der Waals surface area (Å²) in [5, 5.41) is 2.45. The van der Waals surface area contributed by atoms with Crippen LogP contribution in [0, 0.1) is 0 Å². The second-order valence-electron chi connectivity index (χ2n) is 13.2. The third kappa shape index (κ3) is 4.94. The van der Waals surface area contributed by atoms with Crippen molar-refractivity contribution < 1.29 is 0 Å². The van der Waals surface area contributed by atoms with Crippen LogP contribution in [0.2, 0.25) is 0 Å². The van der Waals surface area contributed by atoms with Crippen LogP contribution < -0.4 is 4.90 Å². The van der Waals surface area contributed by atoms with E-state index in [0.29, 0.717) is 0 Å². The van der Waals surface area contributed by atoms with Crippen LogP contribution in [-0.4, -0.2) is 0 Å². The molecule has 7 aromatic rings. The zero-order valence-electron chi connectivity index (χ0n) is 27.9. The molecule has 2 aliphatic rings. The standard InChI is InChI=1S/C49H37N/c1-4-17-36-18-10-11-19-37(36)31-32-41(26-9-1)50(48-30-16-21-38-20-12-13-27-43(38)48)42-33-34-45-44-28-14-15-29-46(44)49(47(45)35-42,39-22-5-2-6-23-39)40-24-7-3-8-25-40/h2-30,32-35H,1,31H2/b17-4-,26-9-,41-32+. The van der Waals surface area contributed by atoms with Crippen molar-refractivity contribution in [3.05, 3.63) is 233 Å². The first-order valence-electron chi connectivity index (χ1n) is 17.6. The minimum Gasteiger partial charge on any atom is -0.310 e. The molecule has 0 saturated carbocycles. The van der Waals surface area contributed by atoms with E-state index in [1.54, 1.807) is 0 Å². The van der Waals surface area contributed by atoms with Crippen molar-refractivity contribution in [3.63, 3.8) is 0 Å². The Morgan fingerprint density at radius 3 is 2.00 bits per heavy atom. The zero-order valence-corrected chi connectivity index (χ0v) is 27.9. The fraction of sp³-hybridized carbons (Fsp3) is 0.0612. The van der Waals surface area contributed by atoms with E-state index < -0.39 is 5.41 Å². The molecule has 238 valence electrons. The van der Waals surface area contributed by atoms with Crippen molar-refractivity contribution in [1.29, 1.82) is 0 Å². The second kappa shape index (κ2) is 12.7.